The lowest BCUT2D eigenvalue weighted by molar-refractivity contribution is -0.0543. The van der Waals surface area contributed by atoms with E-state index in [4.69, 9.17) is 4.74 Å². The van der Waals surface area contributed by atoms with Crippen molar-refractivity contribution in [3.63, 3.8) is 0 Å². The van der Waals surface area contributed by atoms with Crippen molar-refractivity contribution in [3.05, 3.63) is 23.9 Å². The molecule has 0 radical (unpaired) electrons. The molecule has 1 fully saturated rings. The number of nitrogens with zero attached hydrogens (tertiary/aromatic N) is 1. The maximum Gasteiger partial charge on any atom is 0.126 e. The maximum absolute atomic E-state index is 10.2. The van der Waals surface area contributed by atoms with E-state index in [0.29, 0.717) is 32.6 Å². The van der Waals surface area contributed by atoms with Gasteiger partial charge in [-0.15, -0.1) is 0 Å². The van der Waals surface area contributed by atoms with E-state index in [-0.39, 0.29) is 0 Å². The minimum atomic E-state index is -0.649. The first-order valence-electron chi connectivity index (χ1n) is 5.66. The Bertz CT molecular complexity index is 349. The van der Waals surface area contributed by atoms with Crippen LogP contribution in [-0.2, 0) is 4.74 Å². The number of hydrogen-bond donors (Lipinski definition) is 2. The molecule has 1 aliphatic heterocycles. The predicted octanol–water partition coefficient (Wildman–Crippen LogP) is 1.34. The van der Waals surface area contributed by atoms with Crippen LogP contribution in [0.25, 0.3) is 0 Å². The molecule has 0 spiro atoms. The summed E-state index contributed by atoms with van der Waals surface area (Å²) in [6.07, 6.45) is 1.37. The van der Waals surface area contributed by atoms with E-state index in [2.05, 4.69) is 10.3 Å². The van der Waals surface area contributed by atoms with Crippen LogP contribution < -0.4 is 5.32 Å². The number of nitrogens with one attached hydrogen (secondary N) is 1. The molecule has 1 saturated heterocycles. The van der Waals surface area contributed by atoms with Crippen molar-refractivity contribution in [3.8, 4) is 0 Å². The Balaban J connectivity index is 1.91. The van der Waals surface area contributed by atoms with Crippen molar-refractivity contribution in [2.24, 2.45) is 0 Å². The van der Waals surface area contributed by atoms with Gasteiger partial charge >= 0.3 is 0 Å². The van der Waals surface area contributed by atoms with E-state index in [1.165, 1.54) is 0 Å². The second-order valence-corrected chi connectivity index (χ2v) is 4.35. The fourth-order valence-corrected chi connectivity index (χ4v) is 1.82. The highest BCUT2D eigenvalue weighted by Gasteiger charge is 2.29. The van der Waals surface area contributed by atoms with Gasteiger partial charge in [0.1, 0.15) is 5.82 Å². The van der Waals surface area contributed by atoms with Gasteiger partial charge in [0, 0.05) is 38.3 Å². The standard InChI is InChI=1S/C12H18N2O2/c1-10-3-2-4-11(14-10)13-9-12(15)5-7-16-8-6-12/h2-4,15H,5-9H2,1H3,(H,13,14). The lowest BCUT2D eigenvalue weighted by atomic mass is 9.94. The van der Waals surface area contributed by atoms with Gasteiger partial charge in [-0.25, -0.2) is 4.98 Å². The number of aromatic nitrogens is 1. The third kappa shape index (κ3) is 2.93. The van der Waals surface area contributed by atoms with Crippen molar-refractivity contribution in [2.45, 2.75) is 25.4 Å². The number of hydrogen-bond acceptors (Lipinski definition) is 4. The van der Waals surface area contributed by atoms with Gasteiger partial charge in [-0.2, -0.15) is 0 Å². The van der Waals surface area contributed by atoms with E-state index in [9.17, 15) is 5.11 Å². The average molecular weight is 222 g/mol. The Morgan fingerprint density at radius 3 is 2.88 bits per heavy atom. The zero-order valence-corrected chi connectivity index (χ0v) is 9.57. The smallest absolute Gasteiger partial charge is 0.126 e. The van der Waals surface area contributed by atoms with Crippen molar-refractivity contribution >= 4 is 5.82 Å². The highest BCUT2D eigenvalue weighted by atomic mass is 16.5. The van der Waals surface area contributed by atoms with E-state index < -0.39 is 5.60 Å². The molecular formula is C12H18N2O2. The van der Waals surface area contributed by atoms with Crippen molar-refractivity contribution < 1.29 is 9.84 Å². The topological polar surface area (TPSA) is 54.4 Å². The zero-order chi connectivity index (χ0) is 11.4. The van der Waals surface area contributed by atoms with Crippen LogP contribution in [0.4, 0.5) is 5.82 Å². The summed E-state index contributed by atoms with van der Waals surface area (Å²) in [5.74, 6) is 0.819. The molecule has 2 heterocycles. The van der Waals surface area contributed by atoms with Gasteiger partial charge in [0.2, 0.25) is 0 Å². The van der Waals surface area contributed by atoms with Crippen LogP contribution in [0.15, 0.2) is 18.2 Å². The van der Waals surface area contributed by atoms with Gasteiger partial charge in [-0.3, -0.25) is 0 Å². The van der Waals surface area contributed by atoms with Gasteiger partial charge in [0.15, 0.2) is 0 Å². The van der Waals surface area contributed by atoms with Gasteiger partial charge < -0.3 is 15.2 Å². The van der Waals surface area contributed by atoms with Crippen molar-refractivity contribution in [1.29, 1.82) is 0 Å². The summed E-state index contributed by atoms with van der Waals surface area (Å²) in [6.45, 7) is 3.76. The molecule has 0 atom stereocenters. The molecule has 0 aliphatic carbocycles. The summed E-state index contributed by atoms with van der Waals surface area (Å²) in [5, 5.41) is 13.4. The molecule has 16 heavy (non-hydrogen) atoms. The minimum Gasteiger partial charge on any atom is -0.388 e. The lowest BCUT2D eigenvalue weighted by Crippen LogP contribution is -2.42. The molecule has 0 amide bonds. The van der Waals surface area contributed by atoms with E-state index in [1.54, 1.807) is 0 Å². The summed E-state index contributed by atoms with van der Waals surface area (Å²) in [7, 11) is 0. The second kappa shape index (κ2) is 4.80. The van der Waals surface area contributed by atoms with Crippen LogP contribution in [0.5, 0.6) is 0 Å². The molecule has 1 aromatic rings. The molecule has 88 valence electrons. The molecule has 0 unspecified atom stereocenters. The van der Waals surface area contributed by atoms with Gasteiger partial charge in [0.25, 0.3) is 0 Å². The Labute approximate surface area is 95.7 Å². The Hall–Kier alpha value is -1.13. The van der Waals surface area contributed by atoms with Crippen molar-refractivity contribution in [1.82, 2.24) is 4.98 Å². The summed E-state index contributed by atoms with van der Waals surface area (Å²) in [4.78, 5) is 4.34. The molecule has 1 aliphatic rings. The van der Waals surface area contributed by atoms with Crippen LogP contribution in [0.1, 0.15) is 18.5 Å². The highest BCUT2D eigenvalue weighted by molar-refractivity contribution is 5.35. The number of aryl methyl sites for hydroxylation is 1. The largest absolute Gasteiger partial charge is 0.388 e. The van der Waals surface area contributed by atoms with Crippen LogP contribution in [0, 0.1) is 6.92 Å². The maximum atomic E-state index is 10.2. The van der Waals surface area contributed by atoms with Crippen LogP contribution in [-0.4, -0.2) is 35.5 Å². The van der Waals surface area contributed by atoms with Crippen LogP contribution in [0.2, 0.25) is 0 Å². The van der Waals surface area contributed by atoms with E-state index in [1.807, 2.05) is 25.1 Å². The average Bonchev–Trinajstić information content (AvgIpc) is 2.28. The molecule has 0 saturated carbocycles. The normalized spacial score (nSPS) is 19.4. The fourth-order valence-electron chi connectivity index (χ4n) is 1.82. The fraction of sp³-hybridized carbons (Fsp3) is 0.583. The van der Waals surface area contributed by atoms with Crippen molar-refractivity contribution in [2.75, 3.05) is 25.1 Å². The molecule has 2 rings (SSSR count). The SMILES string of the molecule is Cc1cccc(NCC2(O)CCOCC2)n1. The summed E-state index contributed by atoms with van der Waals surface area (Å²) in [6, 6.07) is 5.82. The molecule has 4 heteroatoms. The van der Waals surface area contributed by atoms with Gasteiger partial charge in [-0.05, 0) is 19.1 Å². The molecule has 2 N–H and O–H groups in total. The zero-order valence-electron chi connectivity index (χ0n) is 9.57. The second-order valence-electron chi connectivity index (χ2n) is 4.35. The molecule has 0 aromatic carbocycles. The summed E-state index contributed by atoms with van der Waals surface area (Å²) < 4.78 is 5.23. The number of rotatable bonds is 3. The lowest BCUT2D eigenvalue weighted by Gasteiger charge is -2.32. The molecular weight excluding hydrogens is 204 g/mol. The third-order valence-corrected chi connectivity index (χ3v) is 2.91. The number of aliphatic hydroxyl groups is 1. The quantitative estimate of drug-likeness (QED) is 0.810. The Morgan fingerprint density at radius 1 is 1.44 bits per heavy atom. The van der Waals surface area contributed by atoms with E-state index >= 15 is 0 Å². The summed E-state index contributed by atoms with van der Waals surface area (Å²) >= 11 is 0. The van der Waals surface area contributed by atoms with E-state index in [0.717, 1.165) is 11.5 Å². The van der Waals surface area contributed by atoms with Gasteiger partial charge in [-0.1, -0.05) is 6.07 Å². The number of ether oxygens (including phenoxy) is 1. The van der Waals surface area contributed by atoms with Crippen LogP contribution in [0.3, 0.4) is 0 Å². The van der Waals surface area contributed by atoms with Crippen LogP contribution >= 0.6 is 0 Å². The highest BCUT2D eigenvalue weighted by Crippen LogP contribution is 2.20. The molecule has 4 nitrogen and oxygen atoms in total. The number of anilines is 1. The third-order valence-electron chi connectivity index (χ3n) is 2.91. The summed E-state index contributed by atoms with van der Waals surface area (Å²) in [5.41, 5.74) is 0.327. The Morgan fingerprint density at radius 2 is 2.19 bits per heavy atom. The first kappa shape index (κ1) is 11.4. The Kier molecular flexibility index (Phi) is 3.41. The first-order chi connectivity index (χ1) is 7.68. The first-order valence-corrected chi connectivity index (χ1v) is 5.66. The monoisotopic (exact) mass is 222 g/mol. The minimum absolute atomic E-state index is 0.535. The number of pyridine rings is 1. The van der Waals surface area contributed by atoms with Gasteiger partial charge in [0.05, 0.1) is 5.60 Å². The predicted molar refractivity (Wildman–Crippen MR) is 62.5 cm³/mol. The molecule has 1 aromatic heterocycles. The molecule has 0 bridgehead atoms.